The van der Waals surface area contributed by atoms with Gasteiger partial charge in [-0.3, -0.25) is 9.88 Å². The van der Waals surface area contributed by atoms with Crippen molar-refractivity contribution in [1.29, 1.82) is 0 Å². The second kappa shape index (κ2) is 9.28. The molecule has 1 aromatic heterocycles. The third-order valence-electron chi connectivity index (χ3n) is 4.50. The van der Waals surface area contributed by atoms with Crippen LogP contribution in [0.5, 0.6) is 0 Å². The van der Waals surface area contributed by atoms with Crippen LogP contribution in [-0.4, -0.2) is 46.6 Å². The van der Waals surface area contributed by atoms with Gasteiger partial charge in [0.05, 0.1) is 24.7 Å². The van der Waals surface area contributed by atoms with Crippen LogP contribution in [0.1, 0.15) is 30.2 Å². The number of esters is 1. The lowest BCUT2D eigenvalue weighted by molar-refractivity contribution is -0.137. The minimum Gasteiger partial charge on any atom is -0.463 e. The number of carbonyl (C=O) groups excluding carboxylic acids is 1. The highest BCUT2D eigenvalue weighted by atomic mass is 16.5. The van der Waals surface area contributed by atoms with Gasteiger partial charge in [0.1, 0.15) is 5.82 Å². The molecule has 6 heteroatoms. The minimum atomic E-state index is -0.374. The van der Waals surface area contributed by atoms with E-state index in [4.69, 9.17) is 4.74 Å². The molecule has 2 heterocycles. The van der Waals surface area contributed by atoms with Gasteiger partial charge in [0.25, 0.3) is 0 Å². The number of likely N-dealkylation sites (tertiary alicyclic amines) is 1. The van der Waals surface area contributed by atoms with E-state index in [9.17, 15) is 4.79 Å². The molecule has 0 unspecified atom stereocenters. The van der Waals surface area contributed by atoms with Crippen molar-refractivity contribution in [2.45, 2.75) is 32.9 Å². The number of ether oxygens (including phenoxy) is 1. The molecular formula is C21H26N4O2. The number of nitrogens with zero attached hydrogens (tertiary/aromatic N) is 3. The Labute approximate surface area is 160 Å². The van der Waals surface area contributed by atoms with E-state index in [1.807, 2.05) is 0 Å². The monoisotopic (exact) mass is 366 g/mol. The number of carbonyl (C=O) groups is 1. The van der Waals surface area contributed by atoms with Crippen molar-refractivity contribution >= 4 is 17.9 Å². The highest BCUT2D eigenvalue weighted by Gasteiger charge is 2.22. The fraction of sp³-hybridized carbons (Fsp3) is 0.381. The predicted octanol–water partition coefficient (Wildman–Crippen LogP) is 3.05. The highest BCUT2D eigenvalue weighted by Crippen LogP contribution is 2.17. The summed E-state index contributed by atoms with van der Waals surface area (Å²) in [5.41, 5.74) is 3.26. The Morgan fingerprint density at radius 2 is 2.11 bits per heavy atom. The normalized spacial score (nSPS) is 17.3. The number of anilines is 1. The van der Waals surface area contributed by atoms with E-state index >= 15 is 0 Å². The lowest BCUT2D eigenvalue weighted by Gasteiger charge is -2.17. The molecular weight excluding hydrogens is 340 g/mol. The van der Waals surface area contributed by atoms with Gasteiger partial charge < -0.3 is 10.1 Å². The average Bonchev–Trinajstić information content (AvgIpc) is 3.10. The van der Waals surface area contributed by atoms with Gasteiger partial charge in [-0.1, -0.05) is 29.8 Å². The lowest BCUT2D eigenvalue weighted by atomic mass is 10.1. The summed E-state index contributed by atoms with van der Waals surface area (Å²) < 4.78 is 4.84. The fourth-order valence-electron chi connectivity index (χ4n) is 3.10. The molecule has 1 aliphatic heterocycles. The molecule has 0 radical (unpaired) electrons. The number of benzene rings is 1. The van der Waals surface area contributed by atoms with Crippen molar-refractivity contribution < 1.29 is 9.53 Å². The molecule has 0 spiro atoms. The van der Waals surface area contributed by atoms with Gasteiger partial charge in [-0.15, -0.1) is 0 Å². The first kappa shape index (κ1) is 19.0. The summed E-state index contributed by atoms with van der Waals surface area (Å²) in [7, 11) is 0. The van der Waals surface area contributed by atoms with Crippen molar-refractivity contribution in [3.05, 3.63) is 59.6 Å². The van der Waals surface area contributed by atoms with Crippen LogP contribution in [0, 0.1) is 6.92 Å². The molecule has 0 amide bonds. The topological polar surface area (TPSA) is 67.3 Å². The Kier molecular flexibility index (Phi) is 6.54. The zero-order valence-electron chi connectivity index (χ0n) is 15.9. The zero-order valence-corrected chi connectivity index (χ0v) is 15.9. The molecule has 27 heavy (non-hydrogen) atoms. The number of rotatable bonds is 7. The molecule has 1 atom stereocenters. The molecule has 3 rings (SSSR count). The zero-order chi connectivity index (χ0) is 19.1. The molecule has 0 bridgehead atoms. The van der Waals surface area contributed by atoms with Crippen LogP contribution < -0.4 is 5.32 Å². The maximum atomic E-state index is 11.3. The predicted molar refractivity (Wildman–Crippen MR) is 106 cm³/mol. The SMILES string of the molecule is CCOC(=O)C=Cc1cnc(N[C@@H]2CCN(Cc3ccc(C)cc3)C2)cn1. The van der Waals surface area contributed by atoms with Crippen LogP contribution in [0.25, 0.3) is 6.08 Å². The van der Waals surface area contributed by atoms with E-state index in [-0.39, 0.29) is 5.97 Å². The lowest BCUT2D eigenvalue weighted by Crippen LogP contribution is -2.26. The Balaban J connectivity index is 1.48. The quantitative estimate of drug-likeness (QED) is 0.600. The summed E-state index contributed by atoms with van der Waals surface area (Å²) in [5, 5.41) is 3.45. The number of aromatic nitrogens is 2. The number of hydrogen-bond donors (Lipinski definition) is 1. The second-order valence-corrected chi connectivity index (χ2v) is 6.76. The molecule has 1 aliphatic rings. The van der Waals surface area contributed by atoms with E-state index in [0.717, 1.165) is 31.9 Å². The van der Waals surface area contributed by atoms with Crippen molar-refractivity contribution in [3.63, 3.8) is 0 Å². The third kappa shape index (κ3) is 5.89. The molecule has 2 aromatic rings. The molecule has 0 saturated carbocycles. The Morgan fingerprint density at radius 1 is 1.30 bits per heavy atom. The van der Waals surface area contributed by atoms with Crippen LogP contribution in [0.4, 0.5) is 5.82 Å². The number of nitrogens with one attached hydrogen (secondary N) is 1. The summed E-state index contributed by atoms with van der Waals surface area (Å²) in [4.78, 5) is 22.5. The van der Waals surface area contributed by atoms with Crippen molar-refractivity contribution in [1.82, 2.24) is 14.9 Å². The Hall–Kier alpha value is -2.73. The van der Waals surface area contributed by atoms with Crippen LogP contribution in [0.2, 0.25) is 0 Å². The van der Waals surface area contributed by atoms with Gasteiger partial charge in [0, 0.05) is 31.8 Å². The van der Waals surface area contributed by atoms with Crippen LogP contribution in [0.15, 0.2) is 42.7 Å². The van der Waals surface area contributed by atoms with Gasteiger partial charge in [0.15, 0.2) is 0 Å². The van der Waals surface area contributed by atoms with E-state index < -0.39 is 0 Å². The molecule has 1 fully saturated rings. The van der Waals surface area contributed by atoms with Gasteiger partial charge in [-0.25, -0.2) is 9.78 Å². The smallest absolute Gasteiger partial charge is 0.330 e. The molecule has 6 nitrogen and oxygen atoms in total. The molecule has 0 aliphatic carbocycles. The van der Waals surface area contributed by atoms with Gasteiger partial charge in [0.2, 0.25) is 0 Å². The Bertz CT molecular complexity index is 772. The first-order valence-electron chi connectivity index (χ1n) is 9.33. The number of hydrogen-bond acceptors (Lipinski definition) is 6. The second-order valence-electron chi connectivity index (χ2n) is 6.76. The summed E-state index contributed by atoms with van der Waals surface area (Å²) in [5.74, 6) is 0.381. The first-order valence-corrected chi connectivity index (χ1v) is 9.33. The van der Waals surface area contributed by atoms with Gasteiger partial charge >= 0.3 is 5.97 Å². The van der Waals surface area contributed by atoms with Crippen LogP contribution in [-0.2, 0) is 16.1 Å². The van der Waals surface area contributed by atoms with Crippen molar-refractivity contribution in [3.8, 4) is 0 Å². The third-order valence-corrected chi connectivity index (χ3v) is 4.50. The van der Waals surface area contributed by atoms with Gasteiger partial charge in [-0.2, -0.15) is 0 Å². The minimum absolute atomic E-state index is 0.361. The largest absolute Gasteiger partial charge is 0.463 e. The standard InChI is InChI=1S/C21H26N4O2/c1-3-27-21(26)9-8-18-12-23-20(13-22-18)24-19-10-11-25(15-19)14-17-6-4-16(2)5-7-17/h4-9,12-13,19H,3,10-11,14-15H2,1-2H3,(H,23,24)/t19-/m1/s1. The summed E-state index contributed by atoms with van der Waals surface area (Å²) in [6.07, 6.45) is 7.40. The van der Waals surface area contributed by atoms with Crippen molar-refractivity contribution in [2.24, 2.45) is 0 Å². The van der Waals surface area contributed by atoms with E-state index in [0.29, 0.717) is 18.3 Å². The van der Waals surface area contributed by atoms with Crippen LogP contribution in [0.3, 0.4) is 0 Å². The average molecular weight is 366 g/mol. The van der Waals surface area contributed by atoms with E-state index in [2.05, 4.69) is 51.4 Å². The summed E-state index contributed by atoms with van der Waals surface area (Å²) in [6.45, 7) is 7.27. The maximum Gasteiger partial charge on any atom is 0.330 e. The van der Waals surface area contributed by atoms with E-state index in [1.165, 1.54) is 17.2 Å². The van der Waals surface area contributed by atoms with Gasteiger partial charge in [-0.05, 0) is 31.9 Å². The van der Waals surface area contributed by atoms with Crippen molar-refractivity contribution in [2.75, 3.05) is 25.0 Å². The molecule has 1 saturated heterocycles. The summed E-state index contributed by atoms with van der Waals surface area (Å²) >= 11 is 0. The summed E-state index contributed by atoms with van der Waals surface area (Å²) in [6, 6.07) is 9.09. The van der Waals surface area contributed by atoms with E-state index in [1.54, 1.807) is 25.4 Å². The molecule has 1 N–H and O–H groups in total. The van der Waals surface area contributed by atoms with Crippen LogP contribution >= 0.6 is 0 Å². The maximum absolute atomic E-state index is 11.3. The Morgan fingerprint density at radius 3 is 2.81 bits per heavy atom. The molecule has 142 valence electrons. The fourth-order valence-corrected chi connectivity index (χ4v) is 3.10. The number of aryl methyl sites for hydroxylation is 1. The molecule has 1 aromatic carbocycles. The first-order chi connectivity index (χ1) is 13.1. The highest BCUT2D eigenvalue weighted by molar-refractivity contribution is 5.86.